The largest absolute Gasteiger partial charge is 0.467 e. The number of rotatable bonds is 5. The third-order valence-corrected chi connectivity index (χ3v) is 3.74. The molecule has 3 aromatic heterocycles. The molecule has 0 spiro atoms. The van der Waals surface area contributed by atoms with Gasteiger partial charge in [0.1, 0.15) is 11.3 Å². The first-order valence-electron chi connectivity index (χ1n) is 6.57. The molecule has 0 aliphatic carbocycles. The van der Waals surface area contributed by atoms with Crippen molar-refractivity contribution in [1.29, 1.82) is 0 Å². The number of hydrogen-bond acceptors (Lipinski definition) is 4. The van der Waals surface area contributed by atoms with E-state index in [1.165, 1.54) is 0 Å². The molecule has 0 bridgehead atoms. The minimum absolute atomic E-state index is 0.107. The predicted molar refractivity (Wildman–Crippen MR) is 80.7 cm³/mol. The van der Waals surface area contributed by atoms with E-state index < -0.39 is 0 Å². The summed E-state index contributed by atoms with van der Waals surface area (Å²) in [5.41, 5.74) is 0.931. The van der Waals surface area contributed by atoms with Gasteiger partial charge in [-0.1, -0.05) is 13.3 Å². The zero-order valence-corrected chi connectivity index (χ0v) is 12.7. The van der Waals surface area contributed by atoms with Crippen molar-refractivity contribution in [2.75, 3.05) is 5.32 Å². The maximum absolute atomic E-state index is 5.52. The van der Waals surface area contributed by atoms with Gasteiger partial charge >= 0.3 is 0 Å². The van der Waals surface area contributed by atoms with Crippen LogP contribution in [0.4, 0.5) is 5.82 Å². The number of furan rings is 1. The summed E-state index contributed by atoms with van der Waals surface area (Å²) in [5.74, 6) is 1.72. The molecule has 0 amide bonds. The Hall–Kier alpha value is -1.82. The molecule has 0 aliphatic rings. The fourth-order valence-corrected chi connectivity index (χ4v) is 2.70. The van der Waals surface area contributed by atoms with E-state index in [9.17, 15) is 0 Å². The number of halogens is 1. The second-order valence-electron chi connectivity index (χ2n) is 4.56. The molecule has 3 heterocycles. The van der Waals surface area contributed by atoms with E-state index in [1.807, 2.05) is 18.3 Å². The van der Waals surface area contributed by atoms with Crippen LogP contribution in [0.2, 0.25) is 0 Å². The van der Waals surface area contributed by atoms with Crippen molar-refractivity contribution < 1.29 is 4.42 Å². The second kappa shape index (κ2) is 5.66. The van der Waals surface area contributed by atoms with E-state index in [0.717, 1.165) is 34.4 Å². The van der Waals surface area contributed by atoms with Crippen molar-refractivity contribution in [2.45, 2.75) is 25.8 Å². The Morgan fingerprint density at radius 3 is 3.15 bits per heavy atom. The maximum Gasteiger partial charge on any atom is 0.153 e. The number of fused-ring (bicyclic) bond motifs is 1. The second-order valence-corrected chi connectivity index (χ2v) is 5.42. The van der Waals surface area contributed by atoms with Gasteiger partial charge in [0.25, 0.3) is 0 Å². The van der Waals surface area contributed by atoms with Gasteiger partial charge in [-0.3, -0.25) is 0 Å². The Morgan fingerprint density at radius 1 is 1.50 bits per heavy atom. The smallest absolute Gasteiger partial charge is 0.153 e. The van der Waals surface area contributed by atoms with Gasteiger partial charge in [-0.25, -0.2) is 9.50 Å². The van der Waals surface area contributed by atoms with Crippen LogP contribution in [-0.4, -0.2) is 14.6 Å². The molecule has 0 radical (unpaired) electrons. The standard InChI is InChI=1S/C14H15BrN4O/c1-2-4-11(12-5-3-8-20-12)18-14-13-10(15)9-17-19(13)7-6-16-14/h3,5-9,11H,2,4H2,1H3,(H,16,18). The summed E-state index contributed by atoms with van der Waals surface area (Å²) in [4.78, 5) is 4.43. The highest BCUT2D eigenvalue weighted by Crippen LogP contribution is 2.28. The summed E-state index contributed by atoms with van der Waals surface area (Å²) in [5, 5.41) is 7.72. The summed E-state index contributed by atoms with van der Waals surface area (Å²) < 4.78 is 8.24. The van der Waals surface area contributed by atoms with Crippen LogP contribution in [0.1, 0.15) is 31.6 Å². The average molecular weight is 335 g/mol. The first-order chi connectivity index (χ1) is 9.79. The van der Waals surface area contributed by atoms with Crippen molar-refractivity contribution in [3.8, 4) is 0 Å². The highest BCUT2D eigenvalue weighted by molar-refractivity contribution is 9.10. The molecule has 20 heavy (non-hydrogen) atoms. The third-order valence-electron chi connectivity index (χ3n) is 3.16. The minimum atomic E-state index is 0.107. The molecule has 5 nitrogen and oxygen atoms in total. The van der Waals surface area contributed by atoms with E-state index in [-0.39, 0.29) is 6.04 Å². The Bertz CT molecular complexity index is 692. The lowest BCUT2D eigenvalue weighted by Crippen LogP contribution is -2.12. The van der Waals surface area contributed by atoms with E-state index >= 15 is 0 Å². The SMILES string of the molecule is CCCC(Nc1nccn2ncc(Br)c12)c1ccco1. The van der Waals surface area contributed by atoms with Crippen LogP contribution in [0.3, 0.4) is 0 Å². The number of hydrogen-bond donors (Lipinski definition) is 1. The summed E-state index contributed by atoms with van der Waals surface area (Å²) >= 11 is 3.51. The topological polar surface area (TPSA) is 55.4 Å². The van der Waals surface area contributed by atoms with Crippen LogP contribution in [0.25, 0.3) is 5.52 Å². The number of anilines is 1. The van der Waals surface area contributed by atoms with Crippen molar-refractivity contribution >= 4 is 27.3 Å². The molecule has 3 aromatic rings. The zero-order valence-electron chi connectivity index (χ0n) is 11.1. The van der Waals surface area contributed by atoms with Gasteiger partial charge in [0.2, 0.25) is 0 Å². The molecule has 1 N–H and O–H groups in total. The molecular weight excluding hydrogens is 320 g/mol. The van der Waals surface area contributed by atoms with E-state index in [2.05, 4.69) is 38.3 Å². The average Bonchev–Trinajstić information content (AvgIpc) is 3.09. The van der Waals surface area contributed by atoms with Gasteiger partial charge in [0, 0.05) is 12.4 Å². The predicted octanol–water partition coefficient (Wildman–Crippen LogP) is 4.04. The van der Waals surface area contributed by atoms with Crippen LogP contribution < -0.4 is 5.32 Å². The Labute approximate surface area is 125 Å². The molecule has 3 rings (SSSR count). The van der Waals surface area contributed by atoms with Crippen molar-refractivity contribution in [1.82, 2.24) is 14.6 Å². The molecule has 0 saturated carbocycles. The molecule has 1 unspecified atom stereocenters. The molecule has 104 valence electrons. The van der Waals surface area contributed by atoms with Crippen molar-refractivity contribution in [3.63, 3.8) is 0 Å². The quantitative estimate of drug-likeness (QED) is 0.765. The van der Waals surface area contributed by atoms with Gasteiger partial charge in [-0.2, -0.15) is 5.10 Å². The van der Waals surface area contributed by atoms with Crippen LogP contribution in [0, 0.1) is 0 Å². The fourth-order valence-electron chi connectivity index (χ4n) is 2.24. The molecular formula is C14H15BrN4O. The third kappa shape index (κ3) is 2.43. The monoisotopic (exact) mass is 334 g/mol. The van der Waals surface area contributed by atoms with Crippen molar-refractivity contribution in [3.05, 3.63) is 47.2 Å². The van der Waals surface area contributed by atoms with Crippen LogP contribution in [0.15, 0.2) is 45.9 Å². The molecule has 0 aliphatic heterocycles. The molecule has 0 aromatic carbocycles. The molecule has 0 fully saturated rings. The lowest BCUT2D eigenvalue weighted by molar-refractivity contribution is 0.464. The van der Waals surface area contributed by atoms with Crippen LogP contribution in [-0.2, 0) is 0 Å². The van der Waals surface area contributed by atoms with Gasteiger partial charge < -0.3 is 9.73 Å². The van der Waals surface area contributed by atoms with Gasteiger partial charge in [0.15, 0.2) is 5.82 Å². The summed E-state index contributed by atoms with van der Waals surface area (Å²) in [6.45, 7) is 2.15. The normalized spacial score (nSPS) is 12.7. The lowest BCUT2D eigenvalue weighted by atomic mass is 10.1. The minimum Gasteiger partial charge on any atom is -0.467 e. The fraction of sp³-hybridized carbons (Fsp3) is 0.286. The van der Waals surface area contributed by atoms with Crippen LogP contribution >= 0.6 is 15.9 Å². The zero-order chi connectivity index (χ0) is 13.9. The highest BCUT2D eigenvalue weighted by atomic mass is 79.9. The molecule has 6 heteroatoms. The first kappa shape index (κ1) is 13.2. The Balaban J connectivity index is 1.96. The highest BCUT2D eigenvalue weighted by Gasteiger charge is 2.16. The van der Waals surface area contributed by atoms with E-state index in [1.54, 1.807) is 23.2 Å². The van der Waals surface area contributed by atoms with Gasteiger partial charge in [-0.15, -0.1) is 0 Å². The lowest BCUT2D eigenvalue weighted by Gasteiger charge is -2.17. The van der Waals surface area contributed by atoms with E-state index in [4.69, 9.17) is 4.42 Å². The number of aromatic nitrogens is 3. The molecule has 1 atom stereocenters. The number of nitrogens with zero attached hydrogens (tertiary/aromatic N) is 3. The summed E-state index contributed by atoms with van der Waals surface area (Å²) in [6.07, 6.45) is 9.06. The summed E-state index contributed by atoms with van der Waals surface area (Å²) in [6, 6.07) is 4.00. The van der Waals surface area contributed by atoms with Crippen LogP contribution in [0.5, 0.6) is 0 Å². The van der Waals surface area contributed by atoms with Gasteiger partial charge in [-0.05, 0) is 34.5 Å². The summed E-state index contributed by atoms with van der Waals surface area (Å²) in [7, 11) is 0. The Kier molecular flexibility index (Phi) is 3.73. The maximum atomic E-state index is 5.52. The molecule has 0 saturated heterocycles. The van der Waals surface area contributed by atoms with Gasteiger partial charge in [0.05, 0.1) is 23.0 Å². The first-order valence-corrected chi connectivity index (χ1v) is 7.36. The van der Waals surface area contributed by atoms with Crippen molar-refractivity contribution in [2.24, 2.45) is 0 Å². The Morgan fingerprint density at radius 2 is 2.40 bits per heavy atom. The van der Waals surface area contributed by atoms with E-state index in [0.29, 0.717) is 0 Å². The number of nitrogens with one attached hydrogen (secondary N) is 1.